The predicted molar refractivity (Wildman–Crippen MR) is 72.4 cm³/mol. The summed E-state index contributed by atoms with van der Waals surface area (Å²) in [5.74, 6) is 0.632. The van der Waals surface area contributed by atoms with Gasteiger partial charge in [0, 0.05) is 31.9 Å². The molecule has 2 unspecified atom stereocenters. The molecule has 1 aliphatic heterocycles. The minimum absolute atomic E-state index is 0.109. The molecule has 1 amide bonds. The van der Waals surface area contributed by atoms with Crippen molar-refractivity contribution in [3.63, 3.8) is 0 Å². The Kier molecular flexibility index (Phi) is 4.07. The number of nitrogens with zero attached hydrogens (tertiary/aromatic N) is 2. The van der Waals surface area contributed by atoms with E-state index in [4.69, 9.17) is 5.73 Å². The van der Waals surface area contributed by atoms with Crippen molar-refractivity contribution in [3.8, 4) is 0 Å². The van der Waals surface area contributed by atoms with Crippen LogP contribution in [0.4, 0.5) is 0 Å². The third kappa shape index (κ3) is 2.58. The Labute approximate surface area is 109 Å². The fraction of sp³-hybridized carbons (Fsp3) is 0.643. The van der Waals surface area contributed by atoms with Crippen molar-refractivity contribution in [1.82, 2.24) is 9.47 Å². The van der Waals surface area contributed by atoms with Gasteiger partial charge in [-0.05, 0) is 30.9 Å². The van der Waals surface area contributed by atoms with Crippen LogP contribution in [0, 0.1) is 5.92 Å². The summed E-state index contributed by atoms with van der Waals surface area (Å²) in [7, 11) is 0. The fourth-order valence-corrected chi connectivity index (χ4v) is 2.49. The number of carbonyl (C=O) groups is 1. The zero-order chi connectivity index (χ0) is 13.1. The van der Waals surface area contributed by atoms with Crippen molar-refractivity contribution >= 4 is 5.91 Å². The number of hydrogen-bond donors (Lipinski definition) is 1. The van der Waals surface area contributed by atoms with E-state index in [0.29, 0.717) is 12.5 Å². The van der Waals surface area contributed by atoms with Gasteiger partial charge in [-0.25, -0.2) is 0 Å². The Bertz CT molecular complexity index is 413. The Morgan fingerprint density at radius 3 is 3.00 bits per heavy atom. The number of aryl methyl sites for hydroxylation is 1. The standard InChI is InChI=1S/C14H23N3O/c1-3-7-16-8-4-5-13(16)14(18)17-9-6-11(2)12(15)10-17/h4-5,8,11-12H,3,6-7,9-10,15H2,1-2H3. The van der Waals surface area contributed by atoms with E-state index in [2.05, 4.69) is 13.8 Å². The van der Waals surface area contributed by atoms with Crippen LogP contribution < -0.4 is 5.73 Å². The first-order valence-electron chi connectivity index (χ1n) is 6.83. The molecule has 1 saturated heterocycles. The average Bonchev–Trinajstić information content (AvgIpc) is 2.80. The maximum atomic E-state index is 12.5. The molecule has 0 aromatic carbocycles. The number of carbonyl (C=O) groups excluding carboxylic acids is 1. The van der Waals surface area contributed by atoms with Crippen molar-refractivity contribution in [2.45, 2.75) is 39.3 Å². The van der Waals surface area contributed by atoms with E-state index in [0.717, 1.165) is 31.6 Å². The molecule has 1 fully saturated rings. The van der Waals surface area contributed by atoms with Gasteiger partial charge in [0.2, 0.25) is 0 Å². The molecule has 1 aromatic heterocycles. The number of nitrogens with two attached hydrogens (primary N) is 1. The highest BCUT2D eigenvalue weighted by Gasteiger charge is 2.27. The molecule has 0 bridgehead atoms. The van der Waals surface area contributed by atoms with E-state index in [1.165, 1.54) is 0 Å². The average molecular weight is 249 g/mol. The van der Waals surface area contributed by atoms with Crippen molar-refractivity contribution in [1.29, 1.82) is 0 Å². The number of rotatable bonds is 3. The monoisotopic (exact) mass is 249 g/mol. The lowest BCUT2D eigenvalue weighted by Gasteiger charge is -2.35. The molecule has 1 aromatic rings. The van der Waals surface area contributed by atoms with E-state index in [9.17, 15) is 4.79 Å². The van der Waals surface area contributed by atoms with E-state index in [1.807, 2.05) is 27.8 Å². The maximum Gasteiger partial charge on any atom is 0.270 e. The van der Waals surface area contributed by atoms with Crippen LogP contribution in [0.25, 0.3) is 0 Å². The normalized spacial score (nSPS) is 24.3. The van der Waals surface area contributed by atoms with Crippen molar-refractivity contribution < 1.29 is 4.79 Å². The molecule has 100 valence electrons. The van der Waals surface area contributed by atoms with Crippen LogP contribution in [0.3, 0.4) is 0 Å². The van der Waals surface area contributed by atoms with Gasteiger partial charge in [-0.2, -0.15) is 0 Å². The maximum absolute atomic E-state index is 12.5. The Morgan fingerprint density at radius 1 is 1.56 bits per heavy atom. The minimum Gasteiger partial charge on any atom is -0.344 e. The molecule has 4 heteroatoms. The molecule has 2 heterocycles. The summed E-state index contributed by atoms with van der Waals surface area (Å²) in [6.45, 7) is 6.67. The van der Waals surface area contributed by atoms with Crippen LogP contribution in [0.2, 0.25) is 0 Å². The zero-order valence-electron chi connectivity index (χ0n) is 11.3. The second kappa shape index (κ2) is 5.57. The van der Waals surface area contributed by atoms with Crippen LogP contribution in [-0.2, 0) is 6.54 Å². The van der Waals surface area contributed by atoms with Crippen molar-refractivity contribution in [2.75, 3.05) is 13.1 Å². The summed E-state index contributed by atoms with van der Waals surface area (Å²) < 4.78 is 2.03. The van der Waals surface area contributed by atoms with Gasteiger partial charge in [-0.1, -0.05) is 13.8 Å². The van der Waals surface area contributed by atoms with E-state index in [-0.39, 0.29) is 11.9 Å². The Hall–Kier alpha value is -1.29. The molecule has 0 radical (unpaired) electrons. The first kappa shape index (κ1) is 13.1. The molecule has 0 spiro atoms. The number of hydrogen-bond acceptors (Lipinski definition) is 2. The van der Waals surface area contributed by atoms with Gasteiger partial charge in [-0.15, -0.1) is 0 Å². The predicted octanol–water partition coefficient (Wildman–Crippen LogP) is 1.71. The van der Waals surface area contributed by atoms with E-state index in [1.54, 1.807) is 0 Å². The highest BCUT2D eigenvalue weighted by atomic mass is 16.2. The topological polar surface area (TPSA) is 51.3 Å². The van der Waals surface area contributed by atoms with Crippen LogP contribution >= 0.6 is 0 Å². The SMILES string of the molecule is CCCn1cccc1C(=O)N1CCC(C)C(N)C1. The quantitative estimate of drug-likeness (QED) is 0.886. The summed E-state index contributed by atoms with van der Waals surface area (Å²) in [5, 5.41) is 0. The summed E-state index contributed by atoms with van der Waals surface area (Å²) in [5.41, 5.74) is 6.85. The molecule has 18 heavy (non-hydrogen) atoms. The second-order valence-corrected chi connectivity index (χ2v) is 5.27. The number of piperidine rings is 1. The molecular weight excluding hydrogens is 226 g/mol. The third-order valence-electron chi connectivity index (χ3n) is 3.82. The molecule has 2 rings (SSSR count). The first-order chi connectivity index (χ1) is 8.63. The van der Waals surface area contributed by atoms with Crippen LogP contribution in [0.5, 0.6) is 0 Å². The minimum atomic E-state index is 0.109. The summed E-state index contributed by atoms with van der Waals surface area (Å²) in [4.78, 5) is 14.4. The van der Waals surface area contributed by atoms with Crippen LogP contribution in [0.1, 0.15) is 37.2 Å². The van der Waals surface area contributed by atoms with Crippen LogP contribution in [-0.4, -0.2) is 34.5 Å². The highest BCUT2D eigenvalue weighted by molar-refractivity contribution is 5.92. The van der Waals surface area contributed by atoms with Crippen molar-refractivity contribution in [3.05, 3.63) is 24.0 Å². The number of aromatic nitrogens is 1. The summed E-state index contributed by atoms with van der Waals surface area (Å²) >= 11 is 0. The van der Waals surface area contributed by atoms with Gasteiger partial charge in [0.15, 0.2) is 0 Å². The van der Waals surface area contributed by atoms with Gasteiger partial charge in [-0.3, -0.25) is 4.79 Å². The molecule has 0 aliphatic carbocycles. The molecule has 4 nitrogen and oxygen atoms in total. The second-order valence-electron chi connectivity index (χ2n) is 5.27. The summed E-state index contributed by atoms with van der Waals surface area (Å²) in [6.07, 6.45) is 4.01. The van der Waals surface area contributed by atoms with Crippen LogP contribution in [0.15, 0.2) is 18.3 Å². The van der Waals surface area contributed by atoms with E-state index >= 15 is 0 Å². The van der Waals surface area contributed by atoms with Gasteiger partial charge in [0.25, 0.3) is 5.91 Å². The number of amides is 1. The smallest absolute Gasteiger partial charge is 0.270 e. The lowest BCUT2D eigenvalue weighted by Crippen LogP contribution is -2.50. The molecule has 1 aliphatic rings. The molecule has 2 N–H and O–H groups in total. The fourth-order valence-electron chi connectivity index (χ4n) is 2.49. The lowest BCUT2D eigenvalue weighted by atomic mass is 9.94. The largest absolute Gasteiger partial charge is 0.344 e. The van der Waals surface area contributed by atoms with Gasteiger partial charge in [0.05, 0.1) is 0 Å². The molecular formula is C14H23N3O. The number of likely N-dealkylation sites (tertiary alicyclic amines) is 1. The van der Waals surface area contributed by atoms with Gasteiger partial charge >= 0.3 is 0 Å². The molecule has 2 atom stereocenters. The molecule has 0 saturated carbocycles. The Balaban J connectivity index is 2.09. The lowest BCUT2D eigenvalue weighted by molar-refractivity contribution is 0.0661. The van der Waals surface area contributed by atoms with Gasteiger partial charge in [0.1, 0.15) is 5.69 Å². The van der Waals surface area contributed by atoms with Gasteiger partial charge < -0.3 is 15.2 Å². The zero-order valence-corrected chi connectivity index (χ0v) is 11.3. The highest BCUT2D eigenvalue weighted by Crippen LogP contribution is 2.18. The first-order valence-corrected chi connectivity index (χ1v) is 6.83. The summed E-state index contributed by atoms with van der Waals surface area (Å²) in [6, 6.07) is 3.95. The Morgan fingerprint density at radius 2 is 2.33 bits per heavy atom. The third-order valence-corrected chi connectivity index (χ3v) is 3.82. The van der Waals surface area contributed by atoms with Crippen molar-refractivity contribution in [2.24, 2.45) is 11.7 Å². The van der Waals surface area contributed by atoms with E-state index < -0.39 is 0 Å².